The Morgan fingerprint density at radius 2 is 1.85 bits per heavy atom. The summed E-state index contributed by atoms with van der Waals surface area (Å²) < 4.78 is 6.57. The Balaban J connectivity index is 1.84. The van der Waals surface area contributed by atoms with Crippen molar-refractivity contribution in [3.63, 3.8) is 0 Å². The van der Waals surface area contributed by atoms with E-state index in [4.69, 9.17) is 4.74 Å². The van der Waals surface area contributed by atoms with Gasteiger partial charge in [0.1, 0.15) is 11.6 Å². The second-order valence-corrected chi connectivity index (χ2v) is 13.6. The molecule has 8 nitrogen and oxygen atoms in total. The van der Waals surface area contributed by atoms with Crippen molar-refractivity contribution in [1.29, 1.82) is 0 Å². The molecular formula is C31H44N2O6. The predicted octanol–water partition coefficient (Wildman–Crippen LogP) is 3.67. The molecule has 2 bridgehead atoms. The van der Waals surface area contributed by atoms with Gasteiger partial charge in [0.2, 0.25) is 11.8 Å². The number of nitrogens with zero attached hydrogens (tertiary/aromatic N) is 2. The number of rotatable bonds is 10. The van der Waals surface area contributed by atoms with Crippen LogP contribution in [0.2, 0.25) is 0 Å². The number of carbonyl (C=O) groups excluding carboxylic acids is 2. The summed E-state index contributed by atoms with van der Waals surface area (Å²) in [5, 5.41) is 20.8. The van der Waals surface area contributed by atoms with Gasteiger partial charge in [0, 0.05) is 12.1 Å². The molecule has 0 aromatic heterocycles. The molecule has 0 radical (unpaired) electrons. The predicted molar refractivity (Wildman–Crippen MR) is 148 cm³/mol. The van der Waals surface area contributed by atoms with Crippen LogP contribution in [0.1, 0.15) is 66.4 Å². The molecule has 1 aromatic rings. The Morgan fingerprint density at radius 3 is 2.38 bits per heavy atom. The molecule has 3 aliphatic rings. The highest BCUT2D eigenvalue weighted by atomic mass is 16.5. The van der Waals surface area contributed by atoms with E-state index in [-0.39, 0.29) is 24.5 Å². The summed E-state index contributed by atoms with van der Waals surface area (Å²) in [6, 6.07) is 7.73. The number of likely N-dealkylation sites (tertiary alicyclic amines) is 1. The van der Waals surface area contributed by atoms with Crippen LogP contribution in [0.15, 0.2) is 43.0 Å². The third-order valence-electron chi connectivity index (χ3n) is 8.90. The first-order valence-corrected chi connectivity index (χ1v) is 13.9. The summed E-state index contributed by atoms with van der Waals surface area (Å²) in [5.41, 5.74) is -2.07. The SMILES string of the molecule is C=CCN(C(=O)C1N([C@@H](CO)Cc2ccccc2)C(=O)[C@@H]2[C@H](C(=O)O)[C@]3(C)CCC12O3)C(C)(C)CC(C)(C)C. The van der Waals surface area contributed by atoms with Gasteiger partial charge in [-0.3, -0.25) is 14.4 Å². The summed E-state index contributed by atoms with van der Waals surface area (Å²) in [7, 11) is 0. The van der Waals surface area contributed by atoms with E-state index in [1.165, 1.54) is 4.90 Å². The van der Waals surface area contributed by atoms with E-state index in [1.807, 2.05) is 44.2 Å². The van der Waals surface area contributed by atoms with Crippen molar-refractivity contribution in [2.24, 2.45) is 17.3 Å². The fourth-order valence-electron chi connectivity index (χ4n) is 7.85. The molecule has 8 heteroatoms. The normalized spacial score (nSPS) is 30.8. The lowest BCUT2D eigenvalue weighted by atomic mass is 9.66. The minimum Gasteiger partial charge on any atom is -0.481 e. The first kappa shape index (κ1) is 29.3. The lowest BCUT2D eigenvalue weighted by Gasteiger charge is -2.46. The summed E-state index contributed by atoms with van der Waals surface area (Å²) in [5.74, 6) is -3.87. The topological polar surface area (TPSA) is 107 Å². The number of aliphatic hydroxyl groups is 1. The van der Waals surface area contributed by atoms with E-state index in [0.717, 1.165) is 5.56 Å². The van der Waals surface area contributed by atoms with Gasteiger partial charge in [-0.05, 0) is 57.4 Å². The van der Waals surface area contributed by atoms with Crippen LogP contribution in [0, 0.1) is 17.3 Å². The Hall–Kier alpha value is -2.71. The summed E-state index contributed by atoms with van der Waals surface area (Å²) in [4.78, 5) is 44.8. The zero-order valence-corrected chi connectivity index (χ0v) is 24.1. The fourth-order valence-corrected chi connectivity index (χ4v) is 7.85. The second-order valence-electron chi connectivity index (χ2n) is 13.6. The van der Waals surface area contributed by atoms with Gasteiger partial charge in [0.05, 0.1) is 30.1 Å². The van der Waals surface area contributed by atoms with Crippen molar-refractivity contribution in [1.82, 2.24) is 9.80 Å². The molecule has 2 amide bonds. The van der Waals surface area contributed by atoms with Gasteiger partial charge in [-0.25, -0.2) is 0 Å². The number of carboxylic acids is 1. The number of hydrogen-bond donors (Lipinski definition) is 2. The van der Waals surface area contributed by atoms with Crippen molar-refractivity contribution < 1.29 is 29.3 Å². The maximum atomic E-state index is 14.8. The molecule has 1 spiro atoms. The van der Waals surface area contributed by atoms with Crippen molar-refractivity contribution in [2.45, 2.75) is 96.1 Å². The zero-order chi connectivity index (χ0) is 29.0. The number of hydrogen-bond acceptors (Lipinski definition) is 5. The van der Waals surface area contributed by atoms with Crippen LogP contribution in [-0.4, -0.2) is 79.8 Å². The molecular weight excluding hydrogens is 496 g/mol. The van der Waals surface area contributed by atoms with Gasteiger partial charge in [-0.1, -0.05) is 57.2 Å². The lowest BCUT2D eigenvalue weighted by Crippen LogP contribution is -2.62. The van der Waals surface area contributed by atoms with Gasteiger partial charge in [-0.2, -0.15) is 0 Å². The molecule has 6 atom stereocenters. The molecule has 3 heterocycles. The van der Waals surface area contributed by atoms with Crippen LogP contribution in [0.5, 0.6) is 0 Å². The number of fused-ring (bicyclic) bond motifs is 1. The minimum absolute atomic E-state index is 0.0830. The second kappa shape index (κ2) is 10.0. The number of benzene rings is 1. The van der Waals surface area contributed by atoms with Gasteiger partial charge >= 0.3 is 5.97 Å². The first-order valence-electron chi connectivity index (χ1n) is 13.9. The highest BCUT2D eigenvalue weighted by molar-refractivity contribution is 5.98. The van der Waals surface area contributed by atoms with Crippen molar-refractivity contribution >= 4 is 17.8 Å². The largest absolute Gasteiger partial charge is 0.481 e. The number of carbonyl (C=O) groups is 3. The Bertz CT molecular complexity index is 1130. The Kier molecular flexibility index (Phi) is 7.54. The van der Waals surface area contributed by atoms with Crippen LogP contribution in [0.3, 0.4) is 0 Å². The standard InChI is InChI=1S/C31H44N2O6/c1-8-16-32(29(5,6)19-28(2,3)4)26(36)24-31-15-14-30(7,39-31)23(27(37)38)22(31)25(35)33(24)21(18-34)17-20-12-10-9-11-13-20/h8-13,21-24,34H,1,14-19H2,2-7H3,(H,37,38)/t21-,22+,23-,24?,30+,31?/m1/s1. The Morgan fingerprint density at radius 1 is 1.21 bits per heavy atom. The van der Waals surface area contributed by atoms with Gasteiger partial charge < -0.3 is 24.7 Å². The smallest absolute Gasteiger partial charge is 0.310 e. The van der Waals surface area contributed by atoms with Crippen LogP contribution in [0.4, 0.5) is 0 Å². The van der Waals surface area contributed by atoms with Crippen LogP contribution < -0.4 is 0 Å². The lowest BCUT2D eigenvalue weighted by molar-refractivity contribution is -0.161. The van der Waals surface area contributed by atoms with E-state index in [2.05, 4.69) is 27.4 Å². The quantitative estimate of drug-likeness (QED) is 0.439. The molecule has 4 rings (SSSR count). The van der Waals surface area contributed by atoms with E-state index in [1.54, 1.807) is 17.9 Å². The molecule has 0 aliphatic carbocycles. The molecule has 1 aromatic carbocycles. The number of aliphatic carboxylic acids is 1. The van der Waals surface area contributed by atoms with Crippen LogP contribution >= 0.6 is 0 Å². The van der Waals surface area contributed by atoms with Crippen molar-refractivity contribution in [2.75, 3.05) is 13.2 Å². The molecule has 214 valence electrons. The maximum absolute atomic E-state index is 14.8. The monoisotopic (exact) mass is 540 g/mol. The summed E-state index contributed by atoms with van der Waals surface area (Å²) in [6.45, 7) is 15.9. The number of amides is 2. The highest BCUT2D eigenvalue weighted by Crippen LogP contribution is 2.63. The molecule has 2 unspecified atom stereocenters. The third kappa shape index (κ3) is 4.91. The van der Waals surface area contributed by atoms with E-state index in [9.17, 15) is 24.6 Å². The molecule has 3 aliphatic heterocycles. The van der Waals surface area contributed by atoms with E-state index < -0.39 is 52.5 Å². The first-order chi connectivity index (χ1) is 18.1. The van der Waals surface area contributed by atoms with Crippen molar-refractivity contribution in [3.8, 4) is 0 Å². The average Bonchev–Trinajstić information content (AvgIpc) is 3.40. The number of aliphatic hydroxyl groups excluding tert-OH is 1. The molecule has 2 N–H and O–H groups in total. The van der Waals surface area contributed by atoms with Crippen LogP contribution in [-0.2, 0) is 25.5 Å². The van der Waals surface area contributed by atoms with Gasteiger partial charge in [-0.15, -0.1) is 6.58 Å². The molecule has 3 fully saturated rings. The highest BCUT2D eigenvalue weighted by Gasteiger charge is 2.79. The fraction of sp³-hybridized carbons (Fsp3) is 0.645. The molecule has 0 saturated carbocycles. The maximum Gasteiger partial charge on any atom is 0.310 e. The summed E-state index contributed by atoms with van der Waals surface area (Å²) in [6.07, 6.45) is 3.56. The van der Waals surface area contributed by atoms with Gasteiger partial charge in [0.15, 0.2) is 0 Å². The van der Waals surface area contributed by atoms with Crippen molar-refractivity contribution in [3.05, 3.63) is 48.6 Å². The van der Waals surface area contributed by atoms with E-state index >= 15 is 0 Å². The third-order valence-corrected chi connectivity index (χ3v) is 8.90. The molecule has 3 saturated heterocycles. The zero-order valence-electron chi connectivity index (χ0n) is 24.1. The van der Waals surface area contributed by atoms with Crippen LogP contribution in [0.25, 0.3) is 0 Å². The average molecular weight is 541 g/mol. The molecule has 39 heavy (non-hydrogen) atoms. The minimum atomic E-state index is -1.27. The van der Waals surface area contributed by atoms with Gasteiger partial charge in [0.25, 0.3) is 0 Å². The van der Waals surface area contributed by atoms with E-state index in [0.29, 0.717) is 25.7 Å². The number of carboxylic acid groups (broad SMARTS) is 1. The number of ether oxygens (including phenoxy) is 1. The summed E-state index contributed by atoms with van der Waals surface area (Å²) >= 11 is 0. The Labute approximate surface area is 232 Å².